The van der Waals surface area contributed by atoms with Crippen LogP contribution in [-0.2, 0) is 6.61 Å². The van der Waals surface area contributed by atoms with E-state index in [1.807, 2.05) is 48.5 Å². The average Bonchev–Trinajstić information content (AvgIpc) is 3.07. The number of fused-ring (bicyclic) bond motifs is 2. The van der Waals surface area contributed by atoms with E-state index < -0.39 is 0 Å². The summed E-state index contributed by atoms with van der Waals surface area (Å²) in [5.41, 5.74) is 2.54. The number of hydrogen-bond acceptors (Lipinski definition) is 4. The predicted octanol–water partition coefficient (Wildman–Crippen LogP) is 4.20. The number of nitrogens with zero attached hydrogens (tertiary/aromatic N) is 1. The van der Waals surface area contributed by atoms with Gasteiger partial charge in [-0.2, -0.15) is 0 Å². The van der Waals surface area contributed by atoms with Gasteiger partial charge in [-0.15, -0.1) is 11.3 Å². The van der Waals surface area contributed by atoms with Gasteiger partial charge in [0.25, 0.3) is 0 Å². The Kier molecular flexibility index (Phi) is 2.58. The van der Waals surface area contributed by atoms with Crippen molar-refractivity contribution in [3.63, 3.8) is 0 Å². The van der Waals surface area contributed by atoms with E-state index in [0.717, 1.165) is 31.8 Å². The molecule has 0 bridgehead atoms. The van der Waals surface area contributed by atoms with Gasteiger partial charge in [0.15, 0.2) is 10.8 Å². The van der Waals surface area contributed by atoms with Crippen LogP contribution in [0.5, 0.6) is 0 Å². The molecule has 4 heteroatoms. The van der Waals surface area contributed by atoms with Crippen molar-refractivity contribution in [2.24, 2.45) is 0 Å². The summed E-state index contributed by atoms with van der Waals surface area (Å²) in [6.07, 6.45) is 0. The van der Waals surface area contributed by atoms with Gasteiger partial charge in [0, 0.05) is 10.9 Å². The molecule has 0 spiro atoms. The summed E-state index contributed by atoms with van der Waals surface area (Å²) < 4.78 is 7.01. The first-order chi connectivity index (χ1) is 9.86. The average molecular weight is 281 g/mol. The second-order valence-corrected chi connectivity index (χ2v) is 5.58. The number of benzene rings is 2. The van der Waals surface area contributed by atoms with Crippen molar-refractivity contribution in [2.45, 2.75) is 6.61 Å². The Morgan fingerprint density at radius 1 is 1.05 bits per heavy atom. The van der Waals surface area contributed by atoms with Gasteiger partial charge in [0.05, 0.1) is 16.8 Å². The maximum atomic E-state index is 9.66. The molecule has 4 aromatic rings. The summed E-state index contributed by atoms with van der Waals surface area (Å²) in [5, 5.41) is 11.4. The van der Waals surface area contributed by atoms with E-state index in [0.29, 0.717) is 5.76 Å². The standard InChI is InChI=1S/C16H11NO2S/c18-9-11-10-5-1-3-7-13(10)19-15(11)16-17-12-6-2-4-8-14(12)20-16/h1-8,18H,9H2. The third-order valence-corrected chi connectivity index (χ3v) is 4.38. The fourth-order valence-corrected chi connectivity index (χ4v) is 3.37. The molecular weight excluding hydrogens is 270 g/mol. The molecule has 0 aliphatic rings. The molecule has 0 atom stereocenters. The van der Waals surface area contributed by atoms with Gasteiger partial charge in [-0.3, -0.25) is 0 Å². The molecule has 0 saturated carbocycles. The number of furan rings is 1. The zero-order valence-electron chi connectivity index (χ0n) is 10.5. The first kappa shape index (κ1) is 11.6. The van der Waals surface area contributed by atoms with Gasteiger partial charge in [-0.25, -0.2) is 4.98 Å². The highest BCUT2D eigenvalue weighted by molar-refractivity contribution is 7.21. The predicted molar refractivity (Wildman–Crippen MR) is 80.8 cm³/mol. The minimum atomic E-state index is -0.0533. The van der Waals surface area contributed by atoms with Gasteiger partial charge >= 0.3 is 0 Å². The van der Waals surface area contributed by atoms with Gasteiger partial charge in [-0.05, 0) is 18.2 Å². The maximum absolute atomic E-state index is 9.66. The van der Waals surface area contributed by atoms with Crippen LogP contribution < -0.4 is 0 Å². The van der Waals surface area contributed by atoms with E-state index in [1.165, 1.54) is 0 Å². The molecule has 4 rings (SSSR count). The van der Waals surface area contributed by atoms with Crippen molar-refractivity contribution in [3.05, 3.63) is 54.1 Å². The molecule has 2 aromatic heterocycles. The summed E-state index contributed by atoms with van der Waals surface area (Å²) in [6, 6.07) is 15.7. The molecule has 0 aliphatic heterocycles. The SMILES string of the molecule is OCc1c(-c2nc3ccccc3s2)oc2ccccc12. The molecule has 0 amide bonds. The lowest BCUT2D eigenvalue weighted by molar-refractivity contribution is 0.282. The Labute approximate surface area is 119 Å². The van der Waals surface area contributed by atoms with Gasteiger partial charge < -0.3 is 9.52 Å². The lowest BCUT2D eigenvalue weighted by Crippen LogP contribution is -1.84. The monoisotopic (exact) mass is 281 g/mol. The van der Waals surface area contributed by atoms with Crippen LogP contribution in [0.1, 0.15) is 5.56 Å². The number of para-hydroxylation sites is 2. The number of aromatic nitrogens is 1. The minimum Gasteiger partial charge on any atom is -0.453 e. The molecule has 0 fully saturated rings. The first-order valence-electron chi connectivity index (χ1n) is 6.34. The summed E-state index contributed by atoms with van der Waals surface area (Å²) in [6.45, 7) is -0.0533. The van der Waals surface area contributed by atoms with Gasteiger partial charge in [0.2, 0.25) is 0 Å². The van der Waals surface area contributed by atoms with E-state index in [-0.39, 0.29) is 6.61 Å². The highest BCUT2D eigenvalue weighted by atomic mass is 32.1. The Morgan fingerprint density at radius 2 is 1.85 bits per heavy atom. The van der Waals surface area contributed by atoms with E-state index in [2.05, 4.69) is 4.98 Å². The van der Waals surface area contributed by atoms with Crippen molar-refractivity contribution < 1.29 is 9.52 Å². The third kappa shape index (κ3) is 1.66. The van der Waals surface area contributed by atoms with Crippen molar-refractivity contribution in [2.75, 3.05) is 0 Å². The normalized spacial score (nSPS) is 11.4. The van der Waals surface area contributed by atoms with E-state index in [1.54, 1.807) is 11.3 Å². The van der Waals surface area contributed by atoms with E-state index in [9.17, 15) is 5.11 Å². The van der Waals surface area contributed by atoms with Crippen LogP contribution in [0.2, 0.25) is 0 Å². The Balaban J connectivity index is 2.01. The second-order valence-electron chi connectivity index (χ2n) is 4.55. The molecule has 98 valence electrons. The number of hydrogen-bond donors (Lipinski definition) is 1. The lowest BCUT2D eigenvalue weighted by atomic mass is 10.1. The number of thiazole rings is 1. The Hall–Kier alpha value is -2.17. The number of aliphatic hydroxyl groups is 1. The fourth-order valence-electron chi connectivity index (χ4n) is 2.40. The lowest BCUT2D eigenvalue weighted by Gasteiger charge is -1.94. The summed E-state index contributed by atoms with van der Waals surface area (Å²) in [7, 11) is 0. The highest BCUT2D eigenvalue weighted by Crippen LogP contribution is 2.37. The molecule has 0 unspecified atom stereocenters. The summed E-state index contributed by atoms with van der Waals surface area (Å²) >= 11 is 1.58. The van der Waals surface area contributed by atoms with E-state index >= 15 is 0 Å². The molecule has 20 heavy (non-hydrogen) atoms. The van der Waals surface area contributed by atoms with Crippen LogP contribution >= 0.6 is 11.3 Å². The zero-order chi connectivity index (χ0) is 13.5. The fraction of sp³-hybridized carbons (Fsp3) is 0.0625. The molecular formula is C16H11NO2S. The van der Waals surface area contributed by atoms with Gasteiger partial charge in [-0.1, -0.05) is 30.3 Å². The topological polar surface area (TPSA) is 46.3 Å². The number of rotatable bonds is 2. The highest BCUT2D eigenvalue weighted by Gasteiger charge is 2.18. The molecule has 2 aromatic carbocycles. The van der Waals surface area contributed by atoms with Crippen molar-refractivity contribution in [1.82, 2.24) is 4.98 Å². The van der Waals surface area contributed by atoms with Crippen LogP contribution in [0.4, 0.5) is 0 Å². The zero-order valence-corrected chi connectivity index (χ0v) is 11.4. The van der Waals surface area contributed by atoms with Crippen LogP contribution in [0.15, 0.2) is 52.9 Å². The Morgan fingerprint density at radius 3 is 2.70 bits per heavy atom. The van der Waals surface area contributed by atoms with E-state index in [4.69, 9.17) is 4.42 Å². The second kappa shape index (κ2) is 4.44. The van der Waals surface area contributed by atoms with Crippen LogP contribution in [0, 0.1) is 0 Å². The maximum Gasteiger partial charge on any atom is 0.169 e. The third-order valence-electron chi connectivity index (χ3n) is 3.34. The molecule has 0 aliphatic carbocycles. The van der Waals surface area contributed by atoms with Crippen molar-refractivity contribution in [1.29, 1.82) is 0 Å². The van der Waals surface area contributed by atoms with Gasteiger partial charge in [0.1, 0.15) is 5.58 Å². The first-order valence-corrected chi connectivity index (χ1v) is 7.15. The minimum absolute atomic E-state index is 0.0533. The van der Waals surface area contributed by atoms with Crippen LogP contribution in [0.25, 0.3) is 32.0 Å². The Bertz CT molecular complexity index is 874. The molecule has 1 N–H and O–H groups in total. The summed E-state index contributed by atoms with van der Waals surface area (Å²) in [4.78, 5) is 4.60. The van der Waals surface area contributed by atoms with Crippen LogP contribution in [-0.4, -0.2) is 10.1 Å². The molecule has 0 radical (unpaired) electrons. The molecule has 2 heterocycles. The molecule has 0 saturated heterocycles. The summed E-state index contributed by atoms with van der Waals surface area (Å²) in [5.74, 6) is 0.676. The smallest absolute Gasteiger partial charge is 0.169 e. The number of aliphatic hydroxyl groups excluding tert-OH is 1. The molecule has 3 nitrogen and oxygen atoms in total. The van der Waals surface area contributed by atoms with Crippen LogP contribution in [0.3, 0.4) is 0 Å². The quantitative estimate of drug-likeness (QED) is 0.599. The largest absolute Gasteiger partial charge is 0.453 e. The van der Waals surface area contributed by atoms with Crippen molar-refractivity contribution in [3.8, 4) is 10.8 Å². The van der Waals surface area contributed by atoms with Crippen molar-refractivity contribution >= 4 is 32.5 Å².